The fourth-order valence-electron chi connectivity index (χ4n) is 2.13. The van der Waals surface area contributed by atoms with Gasteiger partial charge in [-0.1, -0.05) is 23.7 Å². The number of methoxy groups -OCH3 is 1. The number of aliphatic hydroxyl groups is 1. The largest absolute Gasteiger partial charge is 0.493 e. The molecule has 0 heterocycles. The summed E-state index contributed by atoms with van der Waals surface area (Å²) in [6.07, 6.45) is 0. The zero-order valence-corrected chi connectivity index (χ0v) is 14.9. The van der Waals surface area contributed by atoms with Crippen LogP contribution in [0.1, 0.15) is 11.1 Å². The zero-order chi connectivity index (χ0) is 18.2. The van der Waals surface area contributed by atoms with Crippen molar-refractivity contribution in [3.63, 3.8) is 0 Å². The number of rotatable bonds is 7. The van der Waals surface area contributed by atoms with E-state index in [4.69, 9.17) is 26.2 Å². The van der Waals surface area contributed by atoms with Crippen LogP contribution in [0.3, 0.4) is 0 Å². The highest BCUT2D eigenvalue weighted by Crippen LogP contribution is 2.28. The summed E-state index contributed by atoms with van der Waals surface area (Å²) in [5, 5.41) is 14.9. The van der Waals surface area contributed by atoms with Gasteiger partial charge in [0, 0.05) is 17.3 Å². The quantitative estimate of drug-likeness (QED) is 0.704. The number of hydrogen-bond donors (Lipinski definition) is 3. The molecule has 0 atom stereocenters. The summed E-state index contributed by atoms with van der Waals surface area (Å²) in [7, 11) is 1.53. The van der Waals surface area contributed by atoms with Gasteiger partial charge in [0.05, 0.1) is 13.7 Å². The summed E-state index contributed by atoms with van der Waals surface area (Å²) >= 11 is 6.04. The van der Waals surface area contributed by atoms with Crippen LogP contribution in [0.5, 0.6) is 11.5 Å². The Balaban J connectivity index is 1.93. The fraction of sp³-hybridized carbons (Fsp3) is 0.278. The predicted molar refractivity (Wildman–Crippen MR) is 97.6 cm³/mol. The number of urea groups is 1. The van der Waals surface area contributed by atoms with Crippen molar-refractivity contribution in [2.24, 2.45) is 0 Å². The van der Waals surface area contributed by atoms with Gasteiger partial charge in [0.25, 0.3) is 0 Å². The second kappa shape index (κ2) is 9.15. The van der Waals surface area contributed by atoms with E-state index in [1.165, 1.54) is 7.11 Å². The molecule has 6 nitrogen and oxygen atoms in total. The Kier molecular flexibility index (Phi) is 6.91. The first-order valence-electron chi connectivity index (χ1n) is 7.75. The first kappa shape index (κ1) is 18.9. The maximum atomic E-state index is 12.0. The van der Waals surface area contributed by atoms with Gasteiger partial charge in [-0.15, -0.1) is 0 Å². The number of aryl methyl sites for hydroxylation is 1. The molecule has 0 aliphatic rings. The van der Waals surface area contributed by atoms with E-state index in [9.17, 15) is 4.79 Å². The third kappa shape index (κ3) is 5.55. The number of ether oxygens (including phenoxy) is 2. The van der Waals surface area contributed by atoms with Gasteiger partial charge < -0.3 is 25.2 Å². The summed E-state index contributed by atoms with van der Waals surface area (Å²) in [6, 6.07) is 10.3. The Morgan fingerprint density at radius 1 is 1.20 bits per heavy atom. The van der Waals surface area contributed by atoms with Crippen LogP contribution >= 0.6 is 11.6 Å². The normalized spacial score (nSPS) is 10.2. The summed E-state index contributed by atoms with van der Waals surface area (Å²) in [4.78, 5) is 12.0. The lowest BCUT2D eigenvalue weighted by atomic mass is 10.2. The van der Waals surface area contributed by atoms with Crippen molar-refractivity contribution in [3.8, 4) is 11.5 Å². The number of carbonyl (C=O) groups excluding carboxylic acids is 1. The molecule has 0 bridgehead atoms. The Labute approximate surface area is 151 Å². The van der Waals surface area contributed by atoms with Crippen LogP contribution in [-0.4, -0.2) is 31.5 Å². The average Bonchev–Trinajstić information content (AvgIpc) is 2.61. The van der Waals surface area contributed by atoms with E-state index in [1.54, 1.807) is 24.3 Å². The molecule has 2 rings (SSSR count). The van der Waals surface area contributed by atoms with Gasteiger partial charge in [0.2, 0.25) is 0 Å². The molecule has 2 aromatic carbocycles. The van der Waals surface area contributed by atoms with Crippen molar-refractivity contribution >= 4 is 23.3 Å². The van der Waals surface area contributed by atoms with Crippen LogP contribution in [0.4, 0.5) is 10.5 Å². The predicted octanol–water partition coefficient (Wildman–Crippen LogP) is 3.35. The molecule has 25 heavy (non-hydrogen) atoms. The van der Waals surface area contributed by atoms with E-state index >= 15 is 0 Å². The molecule has 0 saturated heterocycles. The SMILES string of the molecule is COc1cc(CNC(=O)Nc2ccc(C)c(Cl)c2)ccc1OCCO. The van der Waals surface area contributed by atoms with E-state index in [0.717, 1.165) is 11.1 Å². The van der Waals surface area contributed by atoms with Crippen LogP contribution in [0.15, 0.2) is 36.4 Å². The lowest BCUT2D eigenvalue weighted by molar-refractivity contribution is 0.196. The smallest absolute Gasteiger partial charge is 0.319 e. The van der Waals surface area contributed by atoms with Crippen LogP contribution in [0.25, 0.3) is 0 Å². The number of hydrogen-bond acceptors (Lipinski definition) is 4. The van der Waals surface area contributed by atoms with Crippen molar-refractivity contribution in [2.45, 2.75) is 13.5 Å². The highest BCUT2D eigenvalue weighted by molar-refractivity contribution is 6.31. The number of nitrogens with one attached hydrogen (secondary N) is 2. The van der Waals surface area contributed by atoms with Crippen molar-refractivity contribution in [2.75, 3.05) is 25.6 Å². The number of aliphatic hydroxyl groups excluding tert-OH is 1. The second-order valence-corrected chi connectivity index (χ2v) is 5.74. The van der Waals surface area contributed by atoms with Crippen molar-refractivity contribution in [1.29, 1.82) is 0 Å². The van der Waals surface area contributed by atoms with E-state index < -0.39 is 0 Å². The van der Waals surface area contributed by atoms with E-state index in [2.05, 4.69) is 10.6 Å². The molecule has 0 aromatic heterocycles. The number of benzene rings is 2. The van der Waals surface area contributed by atoms with Gasteiger partial charge in [-0.2, -0.15) is 0 Å². The lowest BCUT2D eigenvalue weighted by Gasteiger charge is -2.12. The van der Waals surface area contributed by atoms with Gasteiger partial charge in [0.15, 0.2) is 11.5 Å². The summed E-state index contributed by atoms with van der Waals surface area (Å²) < 4.78 is 10.6. The highest BCUT2D eigenvalue weighted by Gasteiger charge is 2.08. The topological polar surface area (TPSA) is 79.8 Å². The molecular formula is C18H21ClN2O4. The molecule has 134 valence electrons. The third-order valence-corrected chi connectivity index (χ3v) is 3.87. The highest BCUT2D eigenvalue weighted by atomic mass is 35.5. The maximum Gasteiger partial charge on any atom is 0.319 e. The lowest BCUT2D eigenvalue weighted by Crippen LogP contribution is -2.28. The monoisotopic (exact) mass is 364 g/mol. The van der Waals surface area contributed by atoms with E-state index in [0.29, 0.717) is 28.8 Å². The van der Waals surface area contributed by atoms with Crippen LogP contribution in [-0.2, 0) is 6.54 Å². The van der Waals surface area contributed by atoms with Crippen LogP contribution < -0.4 is 20.1 Å². The molecule has 7 heteroatoms. The van der Waals surface area contributed by atoms with Gasteiger partial charge >= 0.3 is 6.03 Å². The van der Waals surface area contributed by atoms with E-state index in [-0.39, 0.29) is 19.2 Å². The van der Waals surface area contributed by atoms with Crippen molar-refractivity contribution < 1.29 is 19.4 Å². The fourth-order valence-corrected chi connectivity index (χ4v) is 2.31. The molecular weight excluding hydrogens is 344 g/mol. The second-order valence-electron chi connectivity index (χ2n) is 5.33. The Morgan fingerprint density at radius 2 is 2.00 bits per heavy atom. The molecule has 0 aliphatic carbocycles. The summed E-state index contributed by atoms with van der Waals surface area (Å²) in [5.41, 5.74) is 2.42. The molecule has 0 fully saturated rings. The molecule has 0 aliphatic heterocycles. The minimum absolute atomic E-state index is 0.0738. The molecule has 3 N–H and O–H groups in total. The molecule has 0 radical (unpaired) electrons. The Morgan fingerprint density at radius 3 is 2.68 bits per heavy atom. The number of halogens is 1. The third-order valence-electron chi connectivity index (χ3n) is 3.46. The van der Waals surface area contributed by atoms with Crippen molar-refractivity contribution in [1.82, 2.24) is 5.32 Å². The molecule has 0 unspecified atom stereocenters. The summed E-state index contributed by atoms with van der Waals surface area (Å²) in [5.74, 6) is 1.08. The maximum absolute atomic E-state index is 12.0. The first-order valence-corrected chi connectivity index (χ1v) is 8.13. The standard InChI is InChI=1S/C18H21ClN2O4/c1-12-3-5-14(10-15(12)19)21-18(23)20-11-13-4-6-16(25-8-7-22)17(9-13)24-2/h3-6,9-10,22H,7-8,11H2,1-2H3,(H2,20,21,23). The van der Waals surface area contributed by atoms with Gasteiger partial charge in [-0.3, -0.25) is 0 Å². The van der Waals surface area contributed by atoms with E-state index in [1.807, 2.05) is 19.1 Å². The molecule has 2 aromatic rings. The Bertz CT molecular complexity index is 737. The number of anilines is 1. The van der Waals surface area contributed by atoms with Crippen LogP contribution in [0.2, 0.25) is 5.02 Å². The first-order chi connectivity index (χ1) is 12.0. The summed E-state index contributed by atoms with van der Waals surface area (Å²) in [6.45, 7) is 2.33. The van der Waals surface area contributed by atoms with Crippen LogP contribution in [0, 0.1) is 6.92 Å². The minimum atomic E-state index is -0.334. The molecule has 2 amide bonds. The number of amides is 2. The number of carbonyl (C=O) groups is 1. The van der Waals surface area contributed by atoms with Gasteiger partial charge in [-0.25, -0.2) is 4.79 Å². The Hall–Kier alpha value is -2.44. The average molecular weight is 365 g/mol. The van der Waals surface area contributed by atoms with Gasteiger partial charge in [0.1, 0.15) is 6.61 Å². The molecule has 0 saturated carbocycles. The zero-order valence-electron chi connectivity index (χ0n) is 14.1. The minimum Gasteiger partial charge on any atom is -0.493 e. The van der Waals surface area contributed by atoms with Crippen molar-refractivity contribution in [3.05, 3.63) is 52.5 Å². The van der Waals surface area contributed by atoms with Gasteiger partial charge in [-0.05, 0) is 42.3 Å². The molecule has 0 spiro atoms.